The second-order valence-electron chi connectivity index (χ2n) is 19.7. The molecule has 2 unspecified atom stereocenters. The van der Waals surface area contributed by atoms with Gasteiger partial charge in [0.05, 0.1) is 32.3 Å². The highest BCUT2D eigenvalue weighted by Gasteiger charge is 2.43. The molecule has 0 saturated heterocycles. The van der Waals surface area contributed by atoms with Crippen LogP contribution in [-0.2, 0) is 37.7 Å². The number of ketones is 4. The summed E-state index contributed by atoms with van der Waals surface area (Å²) in [5.74, 6) is -2.27. The number of anilines is 2. The number of aromatic nitrogens is 2. The summed E-state index contributed by atoms with van der Waals surface area (Å²) in [4.78, 5) is 66.2. The van der Waals surface area contributed by atoms with E-state index in [1.165, 1.54) is 67.8 Å². The summed E-state index contributed by atoms with van der Waals surface area (Å²) < 4.78 is 58.4. The summed E-state index contributed by atoms with van der Waals surface area (Å²) in [5.41, 5.74) is 14.9. The molecule has 4 aliphatic carbocycles. The summed E-state index contributed by atoms with van der Waals surface area (Å²) in [6.45, 7) is 5.60. The highest BCUT2D eigenvalue weighted by atomic mass is 32.2. The first-order chi connectivity index (χ1) is 36.0. The molecule has 75 heavy (non-hydrogen) atoms. The Balaban J connectivity index is 0.000000161. The number of rotatable bonds is 7. The Hall–Kier alpha value is -8.27. The monoisotopic (exact) mass is 1030 g/mol. The van der Waals surface area contributed by atoms with Gasteiger partial charge in [-0.05, 0) is 132 Å². The van der Waals surface area contributed by atoms with Gasteiger partial charge in [-0.3, -0.25) is 24.0 Å². The molecule has 2 atom stereocenters. The zero-order valence-electron chi connectivity index (χ0n) is 41.2. The molecule has 2 aromatic heterocycles. The molecular weight excluding hydrogens is 985 g/mol. The number of Topliss-reactive ketones (excluding diaryl/α,β-unsaturated/α-hetero) is 4. The van der Waals surface area contributed by atoms with Gasteiger partial charge in [-0.25, -0.2) is 24.8 Å². The lowest BCUT2D eigenvalue weighted by molar-refractivity contribution is -0.114. The van der Waals surface area contributed by atoms with Crippen LogP contribution in [0.4, 0.5) is 11.4 Å². The average molecular weight is 1040 g/mol. The van der Waals surface area contributed by atoms with Crippen molar-refractivity contribution in [2.75, 3.05) is 11.1 Å². The predicted molar refractivity (Wildman–Crippen MR) is 287 cm³/mol. The van der Waals surface area contributed by atoms with Crippen molar-refractivity contribution < 1.29 is 40.8 Å². The molecule has 13 nitrogen and oxygen atoms in total. The van der Waals surface area contributed by atoms with E-state index in [-0.39, 0.29) is 50.0 Å². The van der Waals surface area contributed by atoms with E-state index in [4.69, 9.17) is 5.73 Å². The van der Waals surface area contributed by atoms with E-state index in [0.717, 1.165) is 55.9 Å². The van der Waals surface area contributed by atoms with E-state index in [1.807, 2.05) is 42.5 Å². The first-order valence-electron chi connectivity index (χ1n) is 24.8. The molecule has 0 aliphatic heterocycles. The van der Waals surface area contributed by atoms with Gasteiger partial charge >= 0.3 is 0 Å². The van der Waals surface area contributed by atoms with Gasteiger partial charge in [0.2, 0.25) is 29.0 Å². The van der Waals surface area contributed by atoms with Crippen molar-refractivity contribution in [1.82, 2.24) is 7.94 Å². The molecule has 6 aromatic carbocycles. The third-order valence-electron chi connectivity index (χ3n) is 15.0. The summed E-state index contributed by atoms with van der Waals surface area (Å²) in [6, 6.07) is 37.5. The van der Waals surface area contributed by atoms with E-state index in [9.17, 15) is 40.8 Å². The standard InChI is InChI=1S/C31H26N2O5S.C29H24N2O4S/c1-18-7-6-10-24-23(18)15-16-25-27(24)30(35)31(36)28-26(20-8-4-3-5-9-20)17-33(29(25)28)39(37,38)22-13-11-21(12-14-22)32-19(2)34;1-17-6-5-9-22-21(17)14-15-23-25(22)28(32)29(33)26-24(18-7-3-2-4-8-18)16-31(27(23)26)36(34,35)20-12-10-19(30)11-13-20/h3-5,8-9,11-18H,6-7,10H2,1-2H3,(H,32,34);2-4,7-8,10-17H,5-6,9,30H2,1H3. The maximum atomic E-state index is 14.1. The smallest absolute Gasteiger partial charge is 0.268 e. The van der Waals surface area contributed by atoms with Crippen LogP contribution in [0.1, 0.15) is 122 Å². The number of carbonyl (C=O) groups excluding carboxylic acids is 5. The van der Waals surface area contributed by atoms with Gasteiger partial charge in [-0.15, -0.1) is 0 Å². The van der Waals surface area contributed by atoms with E-state index in [1.54, 1.807) is 42.5 Å². The Bertz CT molecular complexity index is 3970. The summed E-state index contributed by atoms with van der Waals surface area (Å²) in [6.07, 6.45) is 8.09. The molecule has 12 rings (SSSR count). The van der Waals surface area contributed by atoms with Gasteiger partial charge < -0.3 is 11.1 Å². The fraction of sp³-hybridized carbons (Fsp3) is 0.183. The van der Waals surface area contributed by atoms with Gasteiger partial charge in [-0.2, -0.15) is 0 Å². The minimum Gasteiger partial charge on any atom is -0.399 e. The maximum Gasteiger partial charge on any atom is 0.268 e. The first kappa shape index (κ1) is 49.0. The second kappa shape index (κ2) is 18.6. The third kappa shape index (κ3) is 8.08. The quantitative estimate of drug-likeness (QED) is 0.114. The van der Waals surface area contributed by atoms with Crippen molar-refractivity contribution in [3.8, 4) is 44.8 Å². The molecule has 0 spiro atoms. The number of amides is 1. The molecule has 376 valence electrons. The number of fused-ring (bicyclic) bond motifs is 10. The molecule has 0 fully saturated rings. The maximum absolute atomic E-state index is 14.1. The molecule has 2 heterocycles. The SMILES string of the molecule is CC(=O)Nc1ccc(S(=O)(=O)n2cc(-c3ccccc3)c3c2-c2ccc4c(c2C(=O)C3=O)CCCC4C)cc1.CC1CCCc2c1ccc1c2C(=O)C(=O)c2c(-c3ccccc3)cn(S(=O)(=O)c3ccc(N)cc3)c2-1. The van der Waals surface area contributed by atoms with Crippen molar-refractivity contribution in [3.05, 3.63) is 190 Å². The molecular formula is C60H50N4O9S2. The Labute approximate surface area is 434 Å². The number of hydrogen-bond acceptors (Lipinski definition) is 10. The van der Waals surface area contributed by atoms with Crippen molar-refractivity contribution in [3.63, 3.8) is 0 Å². The molecule has 0 saturated carbocycles. The fourth-order valence-corrected chi connectivity index (χ4v) is 14.2. The van der Waals surface area contributed by atoms with Gasteiger partial charge in [0.1, 0.15) is 0 Å². The highest BCUT2D eigenvalue weighted by molar-refractivity contribution is 7.90. The van der Waals surface area contributed by atoms with Crippen LogP contribution in [0.25, 0.3) is 44.8 Å². The Morgan fingerprint density at radius 3 is 1.29 bits per heavy atom. The van der Waals surface area contributed by atoms with Crippen LogP contribution in [0.15, 0.2) is 156 Å². The van der Waals surface area contributed by atoms with E-state index in [0.29, 0.717) is 68.7 Å². The lowest BCUT2D eigenvalue weighted by atomic mass is 9.75. The second-order valence-corrected chi connectivity index (χ2v) is 23.3. The molecule has 0 bridgehead atoms. The van der Waals surface area contributed by atoms with Crippen LogP contribution in [0.2, 0.25) is 0 Å². The van der Waals surface area contributed by atoms with Crippen LogP contribution in [0, 0.1) is 0 Å². The topological polar surface area (TPSA) is 202 Å². The Morgan fingerprint density at radius 1 is 0.507 bits per heavy atom. The minimum atomic E-state index is -4.19. The molecule has 0 radical (unpaired) electrons. The van der Waals surface area contributed by atoms with Crippen molar-refractivity contribution in [2.45, 2.75) is 80.9 Å². The summed E-state index contributed by atoms with van der Waals surface area (Å²) >= 11 is 0. The van der Waals surface area contributed by atoms with Crippen LogP contribution >= 0.6 is 0 Å². The van der Waals surface area contributed by atoms with Gasteiger partial charge in [0, 0.05) is 64.1 Å². The summed E-state index contributed by atoms with van der Waals surface area (Å²) in [7, 11) is -8.29. The number of carbonyl (C=O) groups is 5. The normalized spacial score (nSPS) is 16.6. The van der Waals surface area contributed by atoms with Gasteiger partial charge in [0.15, 0.2) is 0 Å². The van der Waals surface area contributed by atoms with E-state index < -0.39 is 43.2 Å². The zero-order valence-corrected chi connectivity index (χ0v) is 42.8. The number of nitrogens with one attached hydrogen (secondary N) is 1. The van der Waals surface area contributed by atoms with Crippen LogP contribution in [-0.4, -0.2) is 53.8 Å². The van der Waals surface area contributed by atoms with E-state index >= 15 is 0 Å². The zero-order chi connectivity index (χ0) is 52.7. The third-order valence-corrected chi connectivity index (χ3v) is 18.4. The predicted octanol–water partition coefficient (Wildman–Crippen LogP) is 11.3. The van der Waals surface area contributed by atoms with Crippen molar-refractivity contribution in [1.29, 1.82) is 0 Å². The largest absolute Gasteiger partial charge is 0.399 e. The fourth-order valence-electron chi connectivity index (χ4n) is 11.4. The van der Waals surface area contributed by atoms with Crippen LogP contribution in [0.5, 0.6) is 0 Å². The Kier molecular flexibility index (Phi) is 12.1. The molecule has 15 heteroatoms. The van der Waals surface area contributed by atoms with E-state index in [2.05, 4.69) is 19.2 Å². The minimum absolute atomic E-state index is 0.00788. The lowest BCUT2D eigenvalue weighted by Gasteiger charge is -2.28. The number of benzene rings is 6. The average Bonchev–Trinajstić information content (AvgIpc) is 4.06. The number of nitrogens with two attached hydrogens (primary N) is 1. The lowest BCUT2D eigenvalue weighted by Crippen LogP contribution is -2.26. The molecule has 1 amide bonds. The first-order valence-corrected chi connectivity index (χ1v) is 27.7. The molecule has 8 aromatic rings. The number of nitrogens with zero attached hydrogens (tertiary/aromatic N) is 2. The Morgan fingerprint density at radius 2 is 0.893 bits per heavy atom. The number of hydrogen-bond donors (Lipinski definition) is 2. The van der Waals surface area contributed by atoms with Gasteiger partial charge in [0.25, 0.3) is 20.0 Å². The van der Waals surface area contributed by atoms with Crippen molar-refractivity contribution >= 4 is 60.5 Å². The van der Waals surface area contributed by atoms with Crippen molar-refractivity contribution in [2.24, 2.45) is 0 Å². The van der Waals surface area contributed by atoms with Crippen LogP contribution < -0.4 is 11.1 Å². The summed E-state index contributed by atoms with van der Waals surface area (Å²) in [5, 5.41) is 2.63. The van der Waals surface area contributed by atoms with Crippen LogP contribution in [0.3, 0.4) is 0 Å². The highest BCUT2D eigenvalue weighted by Crippen LogP contribution is 2.48. The molecule has 3 N–H and O–H groups in total. The molecule has 4 aliphatic rings. The number of nitrogen functional groups attached to an aromatic ring is 1. The van der Waals surface area contributed by atoms with Gasteiger partial charge in [-0.1, -0.05) is 98.8 Å².